The first-order chi connectivity index (χ1) is 20.5. The molecule has 6 radical (unpaired) electrons. The van der Waals surface area contributed by atoms with Crippen molar-refractivity contribution in [2.75, 3.05) is 14.7 Å². The molecule has 43 heavy (non-hydrogen) atoms. The largest absolute Gasteiger partial charge is 0.509 e. The molecular formula is C36H39BN6. The minimum atomic E-state index is -0.327. The summed E-state index contributed by atoms with van der Waals surface area (Å²) in [6.07, 6.45) is 12.5. The van der Waals surface area contributed by atoms with E-state index in [-0.39, 0.29) is 7.12 Å². The standard InChI is InChI=1S/C36H39BN6/c1-25-16-28(4)34(29(5)17-25)38-10-13-41(22-38)37(42-14-11-39(23-42)35-30(6)18-26(2)19-31(35)7)43-15-12-40(24-43)36-32(8)20-27(3)21-33(36)9/h10-21H,1-9H3. The fourth-order valence-corrected chi connectivity index (χ4v) is 6.81. The van der Waals surface area contributed by atoms with Crippen LogP contribution in [0.2, 0.25) is 0 Å². The minimum Gasteiger partial charge on any atom is -0.351 e. The Labute approximate surface area is 258 Å². The number of hydrogen-bond acceptors (Lipinski definition) is 6. The number of rotatable bonds is 6. The van der Waals surface area contributed by atoms with Gasteiger partial charge in [-0.3, -0.25) is 0 Å². The first-order valence-electron chi connectivity index (χ1n) is 14.8. The predicted molar refractivity (Wildman–Crippen MR) is 178 cm³/mol. The Balaban J connectivity index is 1.30. The van der Waals surface area contributed by atoms with E-state index in [0.717, 1.165) is 17.1 Å². The molecule has 3 aliphatic rings. The molecule has 216 valence electrons. The Morgan fingerprint density at radius 3 is 0.837 bits per heavy atom. The van der Waals surface area contributed by atoms with Gasteiger partial charge in [0.05, 0.1) is 0 Å². The molecular weight excluding hydrogens is 527 g/mol. The average Bonchev–Trinajstić information content (AvgIpc) is 3.66. The fourth-order valence-electron chi connectivity index (χ4n) is 6.81. The molecule has 0 spiro atoms. The number of hydrogen-bond donors (Lipinski definition) is 0. The second-order valence-electron chi connectivity index (χ2n) is 12.1. The van der Waals surface area contributed by atoms with E-state index < -0.39 is 0 Å². The lowest BCUT2D eigenvalue weighted by Gasteiger charge is -2.36. The van der Waals surface area contributed by atoms with Crippen LogP contribution in [0.1, 0.15) is 50.1 Å². The van der Waals surface area contributed by atoms with Gasteiger partial charge in [0.1, 0.15) is 0 Å². The lowest BCUT2D eigenvalue weighted by atomic mass is 9.86. The van der Waals surface area contributed by atoms with Crippen LogP contribution in [-0.4, -0.2) is 21.6 Å². The van der Waals surface area contributed by atoms with Crippen molar-refractivity contribution >= 4 is 24.2 Å². The fraction of sp³-hybridized carbons (Fsp3) is 0.250. The minimum absolute atomic E-state index is 0.327. The molecule has 0 aromatic heterocycles. The van der Waals surface area contributed by atoms with E-state index in [4.69, 9.17) is 0 Å². The van der Waals surface area contributed by atoms with Crippen LogP contribution in [0.3, 0.4) is 0 Å². The van der Waals surface area contributed by atoms with Gasteiger partial charge in [-0.05, 0) is 95.7 Å². The van der Waals surface area contributed by atoms with Crippen molar-refractivity contribution in [3.63, 3.8) is 0 Å². The van der Waals surface area contributed by atoms with Gasteiger partial charge in [0, 0.05) is 54.3 Å². The third kappa shape index (κ3) is 5.37. The lowest BCUT2D eigenvalue weighted by Crippen LogP contribution is -2.55. The van der Waals surface area contributed by atoms with Crippen LogP contribution in [0.15, 0.2) is 73.6 Å². The highest BCUT2D eigenvalue weighted by atomic mass is 15.5. The second kappa shape index (κ2) is 11.1. The summed E-state index contributed by atoms with van der Waals surface area (Å²) >= 11 is 0. The van der Waals surface area contributed by atoms with Crippen LogP contribution >= 0.6 is 0 Å². The maximum absolute atomic E-state index is 3.62. The molecule has 3 heterocycles. The van der Waals surface area contributed by atoms with Crippen molar-refractivity contribution in [2.45, 2.75) is 62.3 Å². The van der Waals surface area contributed by atoms with Crippen molar-refractivity contribution in [1.29, 1.82) is 0 Å². The molecule has 6 rings (SSSR count). The van der Waals surface area contributed by atoms with E-state index in [2.05, 4.69) is 185 Å². The highest BCUT2D eigenvalue weighted by molar-refractivity contribution is 6.52. The molecule has 6 nitrogen and oxygen atoms in total. The molecule has 3 aromatic rings. The Morgan fingerprint density at radius 2 is 0.605 bits per heavy atom. The van der Waals surface area contributed by atoms with Gasteiger partial charge in [-0.25, -0.2) is 0 Å². The monoisotopic (exact) mass is 566 g/mol. The lowest BCUT2D eigenvalue weighted by molar-refractivity contribution is 0.494. The van der Waals surface area contributed by atoms with Crippen molar-refractivity contribution in [2.24, 2.45) is 0 Å². The molecule has 3 aliphatic heterocycles. The quantitative estimate of drug-likeness (QED) is 0.284. The Bertz CT molecular complexity index is 1390. The Hall–Kier alpha value is -4.26. The van der Waals surface area contributed by atoms with Crippen molar-refractivity contribution in [3.05, 3.63) is 144 Å². The molecule has 0 N–H and O–H groups in total. The van der Waals surface area contributed by atoms with E-state index in [1.807, 2.05) is 0 Å². The molecule has 3 aromatic carbocycles. The van der Waals surface area contributed by atoms with E-state index in [1.165, 1.54) is 50.1 Å². The zero-order valence-electron chi connectivity index (χ0n) is 26.7. The molecule has 7 heteroatoms. The summed E-state index contributed by atoms with van der Waals surface area (Å²) in [5, 5.41) is 0. The smallest absolute Gasteiger partial charge is 0.351 e. The van der Waals surface area contributed by atoms with Crippen molar-refractivity contribution < 1.29 is 0 Å². The van der Waals surface area contributed by atoms with Crippen LogP contribution in [0.25, 0.3) is 0 Å². The molecule has 0 unspecified atom stereocenters. The molecule has 0 saturated carbocycles. The Morgan fingerprint density at radius 1 is 0.372 bits per heavy atom. The maximum Gasteiger partial charge on any atom is 0.509 e. The van der Waals surface area contributed by atoms with Gasteiger partial charge in [-0.1, -0.05) is 53.1 Å². The van der Waals surface area contributed by atoms with Gasteiger partial charge in [-0.2, -0.15) is 0 Å². The number of nitrogens with zero attached hydrogens (tertiary/aromatic N) is 6. The second-order valence-corrected chi connectivity index (χ2v) is 12.1. The summed E-state index contributed by atoms with van der Waals surface area (Å²) in [4.78, 5) is 12.5. The summed E-state index contributed by atoms with van der Waals surface area (Å²) in [6, 6.07) is 13.3. The van der Waals surface area contributed by atoms with Gasteiger partial charge in [-0.15, -0.1) is 0 Å². The van der Waals surface area contributed by atoms with Crippen molar-refractivity contribution in [3.8, 4) is 0 Å². The topological polar surface area (TPSA) is 19.4 Å². The third-order valence-corrected chi connectivity index (χ3v) is 8.17. The van der Waals surface area contributed by atoms with E-state index >= 15 is 0 Å². The maximum atomic E-state index is 3.62. The first-order valence-corrected chi connectivity index (χ1v) is 14.8. The van der Waals surface area contributed by atoms with E-state index in [0.29, 0.717) is 0 Å². The highest BCUT2D eigenvalue weighted by Gasteiger charge is 2.43. The van der Waals surface area contributed by atoms with E-state index in [9.17, 15) is 0 Å². The Kier molecular flexibility index (Phi) is 7.45. The summed E-state index contributed by atoms with van der Waals surface area (Å²) in [5.41, 5.74) is 14.6. The predicted octanol–water partition coefficient (Wildman–Crippen LogP) is 7.62. The van der Waals surface area contributed by atoms with Crippen LogP contribution in [0, 0.1) is 82.3 Å². The summed E-state index contributed by atoms with van der Waals surface area (Å²) < 4.78 is 0. The summed E-state index contributed by atoms with van der Waals surface area (Å²) in [5.74, 6) is 0. The molecule has 0 saturated heterocycles. The van der Waals surface area contributed by atoms with Crippen LogP contribution in [-0.2, 0) is 0 Å². The molecule has 0 amide bonds. The third-order valence-electron chi connectivity index (χ3n) is 8.17. The van der Waals surface area contributed by atoms with Gasteiger partial charge < -0.3 is 29.1 Å². The van der Waals surface area contributed by atoms with Crippen LogP contribution in [0.5, 0.6) is 0 Å². The van der Waals surface area contributed by atoms with Crippen LogP contribution < -0.4 is 14.7 Å². The van der Waals surface area contributed by atoms with Gasteiger partial charge in [0.25, 0.3) is 0 Å². The average molecular weight is 567 g/mol. The zero-order valence-corrected chi connectivity index (χ0v) is 26.7. The van der Waals surface area contributed by atoms with Crippen LogP contribution in [0.4, 0.5) is 17.1 Å². The molecule has 0 aliphatic carbocycles. The van der Waals surface area contributed by atoms with Gasteiger partial charge >= 0.3 is 7.12 Å². The number of aryl methyl sites for hydroxylation is 9. The number of anilines is 3. The summed E-state index contributed by atoms with van der Waals surface area (Å²) in [6.45, 7) is 30.3. The van der Waals surface area contributed by atoms with Gasteiger partial charge in [0.15, 0.2) is 0 Å². The normalized spacial score (nSPS) is 16.1. The summed E-state index contributed by atoms with van der Waals surface area (Å²) in [7, 11) is -0.327. The molecule has 0 bridgehead atoms. The first kappa shape index (κ1) is 28.8. The van der Waals surface area contributed by atoms with Gasteiger partial charge in [0.2, 0.25) is 20.0 Å². The molecule has 0 fully saturated rings. The SMILES string of the molecule is Cc1cc(C)c(N2[C]N(B(N3[C]N(c4c(C)cc(C)cc4C)C=C3)N3[C]N(c4c(C)cc(C)cc4C)C=C3)C=C2)c(C)c1. The van der Waals surface area contributed by atoms with E-state index in [1.54, 1.807) is 0 Å². The number of benzene rings is 3. The zero-order chi connectivity index (χ0) is 30.6. The molecule has 0 atom stereocenters. The highest BCUT2D eigenvalue weighted by Crippen LogP contribution is 2.37. The van der Waals surface area contributed by atoms with Crippen molar-refractivity contribution in [1.82, 2.24) is 14.4 Å².